The summed E-state index contributed by atoms with van der Waals surface area (Å²) < 4.78 is 1.75. The van der Waals surface area contributed by atoms with Crippen molar-refractivity contribution in [3.63, 3.8) is 0 Å². The number of nitrogens with zero attached hydrogens (tertiary/aromatic N) is 2. The molecule has 0 spiro atoms. The third-order valence-electron chi connectivity index (χ3n) is 4.32. The number of aromatic nitrogens is 1. The minimum absolute atomic E-state index is 0.227. The second-order valence-electron chi connectivity index (χ2n) is 5.93. The third kappa shape index (κ3) is 4.11. The van der Waals surface area contributed by atoms with Crippen molar-refractivity contribution in [1.82, 2.24) is 4.98 Å². The Morgan fingerprint density at radius 1 is 1.36 bits per heavy atom. The lowest BCUT2D eigenvalue weighted by Crippen LogP contribution is -2.36. The van der Waals surface area contributed by atoms with E-state index in [1.807, 2.05) is 12.1 Å². The molecule has 0 aliphatic heterocycles. The first-order valence-electron chi connectivity index (χ1n) is 8.02. The van der Waals surface area contributed by atoms with E-state index in [1.54, 1.807) is 6.07 Å². The molecule has 1 aromatic heterocycles. The highest BCUT2D eigenvalue weighted by Crippen LogP contribution is 2.33. The molecule has 1 heterocycles. The maximum Gasteiger partial charge on any atom is 0.307 e. The lowest BCUT2D eigenvalue weighted by Gasteiger charge is -2.27. The first-order chi connectivity index (χ1) is 12.1. The molecule has 2 N–H and O–H groups in total. The van der Waals surface area contributed by atoms with E-state index in [9.17, 15) is 14.7 Å². The summed E-state index contributed by atoms with van der Waals surface area (Å²) >= 11 is 2.86. The van der Waals surface area contributed by atoms with E-state index in [0.717, 1.165) is 27.4 Å². The zero-order valence-electron chi connectivity index (χ0n) is 13.4. The molecule has 130 valence electrons. The van der Waals surface area contributed by atoms with Crippen LogP contribution in [0.3, 0.4) is 0 Å². The number of thiazole rings is 1. The lowest BCUT2D eigenvalue weighted by atomic mass is 9.78. The molecule has 1 saturated carbocycles. The van der Waals surface area contributed by atoms with Crippen LogP contribution in [0.2, 0.25) is 0 Å². The van der Waals surface area contributed by atoms with Gasteiger partial charge in [0.25, 0.3) is 0 Å². The van der Waals surface area contributed by atoms with Crippen molar-refractivity contribution < 1.29 is 14.7 Å². The third-order valence-corrected chi connectivity index (χ3v) is 6.34. The van der Waals surface area contributed by atoms with Gasteiger partial charge in [-0.25, -0.2) is 4.98 Å². The summed E-state index contributed by atoms with van der Waals surface area (Å²) in [4.78, 5) is 28.3. The molecule has 25 heavy (non-hydrogen) atoms. The fourth-order valence-electron chi connectivity index (χ4n) is 3.11. The molecule has 0 saturated heterocycles. The summed E-state index contributed by atoms with van der Waals surface area (Å²) in [5.41, 5.74) is 1.47. The molecule has 2 aromatic rings. The molecule has 2 atom stereocenters. The number of hydrogen-bond acceptors (Lipinski definition) is 6. The molecule has 8 heteroatoms. The van der Waals surface area contributed by atoms with Crippen LogP contribution < -0.4 is 5.32 Å². The highest BCUT2D eigenvalue weighted by molar-refractivity contribution is 8.01. The van der Waals surface area contributed by atoms with E-state index in [-0.39, 0.29) is 5.91 Å². The Morgan fingerprint density at radius 2 is 2.12 bits per heavy atom. The largest absolute Gasteiger partial charge is 0.481 e. The van der Waals surface area contributed by atoms with Gasteiger partial charge in [-0.15, -0.1) is 11.3 Å². The second-order valence-corrected chi connectivity index (χ2v) is 8.19. The zero-order valence-corrected chi connectivity index (χ0v) is 15.0. The Bertz CT molecular complexity index is 843. The molecule has 1 aliphatic carbocycles. The number of nitrogens with one attached hydrogen (secondary N) is 1. The van der Waals surface area contributed by atoms with Crippen molar-refractivity contribution in [1.29, 1.82) is 5.26 Å². The molecule has 0 radical (unpaired) electrons. The van der Waals surface area contributed by atoms with Crippen molar-refractivity contribution in [2.45, 2.75) is 30.0 Å². The van der Waals surface area contributed by atoms with Crippen LogP contribution in [-0.2, 0) is 9.59 Å². The van der Waals surface area contributed by atoms with E-state index >= 15 is 0 Å². The number of aliphatic carboxylic acids is 1. The van der Waals surface area contributed by atoms with E-state index in [4.69, 9.17) is 5.26 Å². The SMILES string of the molecule is N#CCSc1nc2ccc(NC(=O)[C@H]3CCCC[C@H]3C(=O)O)cc2s1. The van der Waals surface area contributed by atoms with Crippen LogP contribution in [0.25, 0.3) is 10.2 Å². The number of nitriles is 1. The number of carboxylic acids is 1. The number of amides is 1. The van der Waals surface area contributed by atoms with Crippen LogP contribution >= 0.6 is 23.1 Å². The summed E-state index contributed by atoms with van der Waals surface area (Å²) in [6, 6.07) is 7.52. The number of rotatable bonds is 5. The average Bonchev–Trinajstić information content (AvgIpc) is 3.02. The van der Waals surface area contributed by atoms with Crippen LogP contribution in [-0.4, -0.2) is 27.7 Å². The number of carbonyl (C=O) groups is 2. The topological polar surface area (TPSA) is 103 Å². The number of hydrogen-bond donors (Lipinski definition) is 2. The molecular formula is C17H17N3O3S2. The van der Waals surface area contributed by atoms with E-state index in [0.29, 0.717) is 24.3 Å². The summed E-state index contributed by atoms with van der Waals surface area (Å²) in [6.07, 6.45) is 2.91. The lowest BCUT2D eigenvalue weighted by molar-refractivity contribution is -0.147. The molecule has 1 aromatic carbocycles. The predicted octanol–water partition coefficient (Wildman–Crippen LogP) is 3.74. The van der Waals surface area contributed by atoms with Gasteiger partial charge in [-0.2, -0.15) is 5.26 Å². The van der Waals surface area contributed by atoms with Gasteiger partial charge in [0, 0.05) is 5.69 Å². The molecular weight excluding hydrogens is 358 g/mol. The Hall–Kier alpha value is -2.11. The van der Waals surface area contributed by atoms with Crippen LogP contribution in [0, 0.1) is 23.2 Å². The Morgan fingerprint density at radius 3 is 2.84 bits per heavy atom. The molecule has 3 rings (SSSR count). The maximum absolute atomic E-state index is 12.5. The van der Waals surface area contributed by atoms with Gasteiger partial charge in [0.2, 0.25) is 5.91 Å². The average molecular weight is 375 g/mol. The van der Waals surface area contributed by atoms with E-state index < -0.39 is 17.8 Å². The number of thioether (sulfide) groups is 1. The Kier molecular flexibility index (Phi) is 5.56. The summed E-state index contributed by atoms with van der Waals surface area (Å²) in [5.74, 6) is -1.85. The van der Waals surface area contributed by atoms with Crippen molar-refractivity contribution in [3.05, 3.63) is 18.2 Å². The minimum Gasteiger partial charge on any atom is -0.481 e. The van der Waals surface area contributed by atoms with Gasteiger partial charge in [-0.05, 0) is 31.0 Å². The molecule has 6 nitrogen and oxygen atoms in total. The van der Waals surface area contributed by atoms with Crippen molar-refractivity contribution in [2.75, 3.05) is 11.1 Å². The normalized spacial score (nSPS) is 20.1. The fourth-order valence-corrected chi connectivity index (χ4v) is 4.88. The van der Waals surface area contributed by atoms with Gasteiger partial charge in [-0.1, -0.05) is 24.6 Å². The molecule has 0 bridgehead atoms. The summed E-state index contributed by atoms with van der Waals surface area (Å²) in [6.45, 7) is 0. The standard InChI is InChI=1S/C17H17N3O3S2/c18-7-8-24-17-20-13-6-5-10(9-14(13)25-17)19-15(21)11-3-1-2-4-12(11)16(22)23/h5-6,9,11-12H,1-4,8H2,(H,19,21)(H,22,23)/t11-,12+/m0/s1. The second kappa shape index (κ2) is 7.85. The smallest absolute Gasteiger partial charge is 0.307 e. The van der Waals surface area contributed by atoms with Crippen molar-refractivity contribution in [2.24, 2.45) is 11.8 Å². The van der Waals surface area contributed by atoms with Gasteiger partial charge in [0.15, 0.2) is 4.34 Å². The van der Waals surface area contributed by atoms with Gasteiger partial charge in [-0.3, -0.25) is 9.59 Å². The van der Waals surface area contributed by atoms with E-state index in [2.05, 4.69) is 16.4 Å². The van der Waals surface area contributed by atoms with Gasteiger partial charge >= 0.3 is 5.97 Å². The number of anilines is 1. The number of fused-ring (bicyclic) bond motifs is 1. The number of benzene rings is 1. The molecule has 0 unspecified atom stereocenters. The zero-order chi connectivity index (χ0) is 17.8. The highest BCUT2D eigenvalue weighted by atomic mass is 32.2. The molecule has 1 amide bonds. The summed E-state index contributed by atoms with van der Waals surface area (Å²) in [7, 11) is 0. The number of carboxylic acid groups (broad SMARTS) is 1. The highest BCUT2D eigenvalue weighted by Gasteiger charge is 2.35. The Balaban J connectivity index is 1.74. The maximum atomic E-state index is 12.5. The first kappa shape index (κ1) is 17.7. The monoisotopic (exact) mass is 375 g/mol. The van der Waals surface area contributed by atoms with Crippen molar-refractivity contribution in [3.8, 4) is 6.07 Å². The van der Waals surface area contributed by atoms with Gasteiger partial charge in [0.1, 0.15) is 0 Å². The van der Waals surface area contributed by atoms with Crippen molar-refractivity contribution >= 4 is 50.9 Å². The fraction of sp³-hybridized carbons (Fsp3) is 0.412. The first-order valence-corrected chi connectivity index (χ1v) is 9.82. The van der Waals surface area contributed by atoms with Gasteiger partial charge < -0.3 is 10.4 Å². The minimum atomic E-state index is -0.892. The van der Waals surface area contributed by atoms with E-state index in [1.165, 1.54) is 23.1 Å². The Labute approximate surface area is 153 Å². The predicted molar refractivity (Wildman–Crippen MR) is 97.7 cm³/mol. The molecule has 1 aliphatic rings. The molecule has 1 fully saturated rings. The number of carbonyl (C=O) groups excluding carboxylic acids is 1. The van der Waals surface area contributed by atoms with Crippen LogP contribution in [0.4, 0.5) is 5.69 Å². The van der Waals surface area contributed by atoms with Crippen LogP contribution in [0.1, 0.15) is 25.7 Å². The summed E-state index contributed by atoms with van der Waals surface area (Å²) in [5, 5.41) is 20.8. The van der Waals surface area contributed by atoms with Crippen LogP contribution in [0.15, 0.2) is 22.5 Å². The van der Waals surface area contributed by atoms with Crippen LogP contribution in [0.5, 0.6) is 0 Å². The van der Waals surface area contributed by atoms with Gasteiger partial charge in [0.05, 0.1) is 33.9 Å². The quantitative estimate of drug-likeness (QED) is 0.772.